The molecule has 1 aromatic rings. The highest BCUT2D eigenvalue weighted by atomic mass is 35.5. The second-order valence-electron chi connectivity index (χ2n) is 12.2. The Labute approximate surface area is 207 Å². The first-order chi connectivity index (χ1) is 15.3. The lowest BCUT2D eigenvalue weighted by Gasteiger charge is -2.42. The first kappa shape index (κ1) is 24.9. The minimum Gasteiger partial charge on any atom is -0.378 e. The molecule has 2 aliphatic heterocycles. The normalized spacial score (nSPS) is 25.4. The van der Waals surface area contributed by atoms with E-state index in [-0.39, 0.29) is 17.8 Å². The van der Waals surface area contributed by atoms with Crippen molar-refractivity contribution in [3.05, 3.63) is 29.8 Å². The van der Waals surface area contributed by atoms with Gasteiger partial charge in [-0.3, -0.25) is 4.90 Å². The molecule has 2 heterocycles. The fraction of sp³-hybridized carbons (Fsp3) is 0.714. The van der Waals surface area contributed by atoms with Crippen LogP contribution in [0.2, 0.25) is 0 Å². The summed E-state index contributed by atoms with van der Waals surface area (Å²) in [5.41, 5.74) is 6.42. The smallest absolute Gasteiger partial charge is 0.0642 e. The number of anilines is 2. The van der Waals surface area contributed by atoms with Crippen LogP contribution in [-0.4, -0.2) is 63.9 Å². The van der Waals surface area contributed by atoms with Gasteiger partial charge in [0.15, 0.2) is 0 Å². The third-order valence-electron chi connectivity index (χ3n) is 7.80. The number of halogens is 1. The van der Waals surface area contributed by atoms with E-state index in [1.54, 1.807) is 5.57 Å². The van der Waals surface area contributed by atoms with Crippen LogP contribution in [-0.2, 0) is 4.74 Å². The lowest BCUT2D eigenvalue weighted by atomic mass is 9.65. The van der Waals surface area contributed by atoms with E-state index in [1.165, 1.54) is 55.8 Å². The monoisotopic (exact) mass is 473 g/mol. The molecule has 0 unspecified atom stereocenters. The first-order valence-electron chi connectivity index (χ1n) is 12.9. The molecule has 2 saturated heterocycles. The van der Waals surface area contributed by atoms with E-state index in [0.717, 1.165) is 51.7 Å². The molecule has 5 heteroatoms. The fourth-order valence-corrected chi connectivity index (χ4v) is 6.47. The Hall–Kier alpha value is -1.23. The number of benzene rings is 1. The third-order valence-corrected chi connectivity index (χ3v) is 7.80. The molecule has 0 atom stereocenters. The summed E-state index contributed by atoms with van der Waals surface area (Å²) in [6.45, 7) is 19.4. The highest BCUT2D eigenvalue weighted by molar-refractivity contribution is 5.85. The number of hydrogen-bond donors (Lipinski definition) is 0. The SMILES string of the molecule is CC1(C)C=C(c2cc(N3CCOCC3)ccc2N2CCN(CC3CC3)CC2)CC(C)(C)C1.Cl. The van der Waals surface area contributed by atoms with E-state index in [2.05, 4.69) is 66.7 Å². The lowest BCUT2D eigenvalue weighted by molar-refractivity contribution is 0.122. The Morgan fingerprint density at radius 2 is 1.61 bits per heavy atom. The summed E-state index contributed by atoms with van der Waals surface area (Å²) in [4.78, 5) is 7.86. The van der Waals surface area contributed by atoms with Gasteiger partial charge in [0.2, 0.25) is 0 Å². The Balaban J connectivity index is 0.00000259. The molecule has 2 aliphatic carbocycles. The van der Waals surface area contributed by atoms with Gasteiger partial charge in [0.25, 0.3) is 0 Å². The van der Waals surface area contributed by atoms with Crippen molar-refractivity contribution in [3.8, 4) is 0 Å². The summed E-state index contributed by atoms with van der Waals surface area (Å²) in [6, 6.07) is 7.28. The van der Waals surface area contributed by atoms with Crippen LogP contribution in [0.4, 0.5) is 11.4 Å². The van der Waals surface area contributed by atoms with Crippen molar-refractivity contribution in [2.45, 2.75) is 53.4 Å². The maximum atomic E-state index is 5.62. The van der Waals surface area contributed by atoms with Crippen molar-refractivity contribution < 1.29 is 4.74 Å². The number of morpholine rings is 1. The summed E-state index contributed by atoms with van der Waals surface area (Å²) < 4.78 is 5.62. The van der Waals surface area contributed by atoms with Gasteiger partial charge < -0.3 is 14.5 Å². The second-order valence-corrected chi connectivity index (χ2v) is 12.2. The van der Waals surface area contributed by atoms with Crippen molar-refractivity contribution >= 4 is 29.4 Å². The zero-order chi connectivity index (χ0) is 22.3. The standard InChI is InChI=1S/C28H43N3O.ClH/c1-27(2)18-23(19-28(3,4)21-27)25-17-24(30-13-15-32-16-14-30)7-8-26(25)31-11-9-29(10-12-31)20-22-5-6-22;/h7-8,17-18,22H,5-6,9-16,19-21H2,1-4H3;1H. The number of hydrogen-bond acceptors (Lipinski definition) is 4. The molecule has 0 aromatic heterocycles. The number of allylic oxidation sites excluding steroid dienone is 2. The highest BCUT2D eigenvalue weighted by Gasteiger charge is 2.35. The van der Waals surface area contributed by atoms with E-state index in [4.69, 9.17) is 4.74 Å². The van der Waals surface area contributed by atoms with E-state index in [1.807, 2.05) is 0 Å². The van der Waals surface area contributed by atoms with Gasteiger partial charge in [-0.2, -0.15) is 0 Å². The molecule has 5 rings (SSSR count). The van der Waals surface area contributed by atoms with Crippen molar-refractivity contribution in [1.29, 1.82) is 0 Å². The Kier molecular flexibility index (Phi) is 7.38. The fourth-order valence-electron chi connectivity index (χ4n) is 6.47. The van der Waals surface area contributed by atoms with Crippen LogP contribution >= 0.6 is 12.4 Å². The molecule has 4 aliphatic rings. The molecule has 33 heavy (non-hydrogen) atoms. The van der Waals surface area contributed by atoms with Crippen LogP contribution in [0.5, 0.6) is 0 Å². The summed E-state index contributed by atoms with van der Waals surface area (Å²) in [6.07, 6.45) is 7.91. The van der Waals surface area contributed by atoms with Crippen molar-refractivity contribution in [2.24, 2.45) is 16.7 Å². The summed E-state index contributed by atoms with van der Waals surface area (Å²) >= 11 is 0. The van der Waals surface area contributed by atoms with Crippen molar-refractivity contribution in [1.82, 2.24) is 4.90 Å². The average molecular weight is 474 g/mol. The third kappa shape index (κ3) is 6.07. The molecule has 0 bridgehead atoms. The van der Waals surface area contributed by atoms with Gasteiger partial charge in [0.1, 0.15) is 0 Å². The number of nitrogens with zero attached hydrogens (tertiary/aromatic N) is 3. The van der Waals surface area contributed by atoms with Gasteiger partial charge in [-0.1, -0.05) is 33.8 Å². The zero-order valence-electron chi connectivity index (χ0n) is 21.2. The van der Waals surface area contributed by atoms with Crippen LogP contribution in [0.3, 0.4) is 0 Å². The number of ether oxygens (including phenoxy) is 1. The maximum absolute atomic E-state index is 5.62. The van der Waals surface area contributed by atoms with E-state index >= 15 is 0 Å². The molecule has 4 nitrogen and oxygen atoms in total. The zero-order valence-corrected chi connectivity index (χ0v) is 22.1. The first-order valence-corrected chi connectivity index (χ1v) is 12.9. The topological polar surface area (TPSA) is 19.0 Å². The number of rotatable bonds is 5. The molecule has 1 aromatic carbocycles. The van der Waals surface area contributed by atoms with Gasteiger partial charge in [-0.05, 0) is 66.2 Å². The molecule has 0 N–H and O–H groups in total. The molecule has 3 fully saturated rings. The van der Waals surface area contributed by atoms with Crippen LogP contribution in [0.15, 0.2) is 24.3 Å². The maximum Gasteiger partial charge on any atom is 0.0642 e. The minimum atomic E-state index is 0. The Bertz CT molecular complexity index is 847. The predicted molar refractivity (Wildman–Crippen MR) is 143 cm³/mol. The van der Waals surface area contributed by atoms with Gasteiger partial charge in [0, 0.05) is 62.8 Å². The second kappa shape index (κ2) is 9.79. The summed E-state index contributed by atoms with van der Waals surface area (Å²) in [5.74, 6) is 0.988. The van der Waals surface area contributed by atoms with Gasteiger partial charge >= 0.3 is 0 Å². The van der Waals surface area contributed by atoms with Crippen LogP contribution < -0.4 is 9.80 Å². The molecule has 1 saturated carbocycles. The van der Waals surface area contributed by atoms with Crippen LogP contribution in [0, 0.1) is 16.7 Å². The predicted octanol–water partition coefficient (Wildman–Crippen LogP) is 5.71. The summed E-state index contributed by atoms with van der Waals surface area (Å²) in [5, 5.41) is 0. The Morgan fingerprint density at radius 3 is 2.24 bits per heavy atom. The van der Waals surface area contributed by atoms with Gasteiger partial charge in [0.05, 0.1) is 13.2 Å². The quantitative estimate of drug-likeness (QED) is 0.545. The number of piperazine rings is 1. The largest absolute Gasteiger partial charge is 0.378 e. The van der Waals surface area contributed by atoms with Crippen molar-refractivity contribution in [3.63, 3.8) is 0 Å². The lowest BCUT2D eigenvalue weighted by Crippen LogP contribution is -2.47. The van der Waals surface area contributed by atoms with Crippen LogP contribution in [0.25, 0.3) is 5.57 Å². The van der Waals surface area contributed by atoms with Gasteiger partial charge in [-0.25, -0.2) is 0 Å². The van der Waals surface area contributed by atoms with E-state index < -0.39 is 0 Å². The van der Waals surface area contributed by atoms with E-state index in [0.29, 0.717) is 5.41 Å². The Morgan fingerprint density at radius 1 is 0.909 bits per heavy atom. The molecule has 0 amide bonds. The molecular weight excluding hydrogens is 430 g/mol. The molecule has 0 radical (unpaired) electrons. The molecular formula is C28H44ClN3O. The van der Waals surface area contributed by atoms with Crippen molar-refractivity contribution in [2.75, 3.05) is 68.8 Å². The molecule has 0 spiro atoms. The average Bonchev–Trinajstić information content (AvgIpc) is 3.56. The molecule has 184 valence electrons. The highest BCUT2D eigenvalue weighted by Crippen LogP contribution is 2.49. The minimum absolute atomic E-state index is 0. The van der Waals surface area contributed by atoms with E-state index in [9.17, 15) is 0 Å². The van der Waals surface area contributed by atoms with Crippen LogP contribution in [0.1, 0.15) is 58.9 Å². The van der Waals surface area contributed by atoms with Gasteiger partial charge in [-0.15, -0.1) is 12.4 Å². The summed E-state index contributed by atoms with van der Waals surface area (Å²) in [7, 11) is 0.